The fourth-order valence-corrected chi connectivity index (χ4v) is 1.49. The number of alkyl carbamates (subject to hydrolysis) is 1. The molecule has 4 nitrogen and oxygen atoms in total. The molecule has 12 heavy (non-hydrogen) atoms. The van der Waals surface area contributed by atoms with Gasteiger partial charge in [-0.05, 0) is 12.8 Å². The van der Waals surface area contributed by atoms with Crippen molar-refractivity contribution >= 4 is 6.09 Å². The Bertz CT molecular complexity index is 160. The minimum atomic E-state index is -0.457. The molecule has 2 N–H and O–H groups in total. The molecular formula is C8H15NO3. The molecule has 0 radical (unpaired) electrons. The highest BCUT2D eigenvalue weighted by atomic mass is 16.5. The lowest BCUT2D eigenvalue weighted by atomic mass is 9.93. The summed E-state index contributed by atoms with van der Waals surface area (Å²) in [7, 11) is 1.32. The van der Waals surface area contributed by atoms with Gasteiger partial charge in [0.25, 0.3) is 0 Å². The van der Waals surface area contributed by atoms with E-state index in [2.05, 4.69) is 10.1 Å². The van der Waals surface area contributed by atoms with E-state index < -0.39 is 12.2 Å². The van der Waals surface area contributed by atoms with Gasteiger partial charge in [-0.3, -0.25) is 0 Å². The van der Waals surface area contributed by atoms with Crippen molar-refractivity contribution < 1.29 is 14.6 Å². The highest BCUT2D eigenvalue weighted by Gasteiger charge is 2.24. The maximum Gasteiger partial charge on any atom is 0.407 e. The lowest BCUT2D eigenvalue weighted by Crippen LogP contribution is -2.44. The zero-order valence-electron chi connectivity index (χ0n) is 7.25. The lowest BCUT2D eigenvalue weighted by molar-refractivity contribution is 0.0846. The summed E-state index contributed by atoms with van der Waals surface area (Å²) < 4.78 is 4.44. The standard InChI is InChI=1S/C8H15NO3/c1-12-8(11)9-6-4-2-3-5-7(6)10/h6-7,10H,2-5H2,1H3,(H,9,11)/t6-,7+/m0/s1. The number of rotatable bonds is 1. The van der Waals surface area contributed by atoms with E-state index in [0.717, 1.165) is 25.7 Å². The van der Waals surface area contributed by atoms with Gasteiger partial charge in [0.05, 0.1) is 19.3 Å². The molecule has 0 saturated heterocycles. The molecule has 0 unspecified atom stereocenters. The Balaban J connectivity index is 2.33. The molecule has 0 bridgehead atoms. The zero-order valence-corrected chi connectivity index (χ0v) is 7.25. The second-order valence-electron chi connectivity index (χ2n) is 3.09. The topological polar surface area (TPSA) is 58.6 Å². The molecule has 1 saturated carbocycles. The van der Waals surface area contributed by atoms with E-state index in [1.165, 1.54) is 7.11 Å². The first kappa shape index (κ1) is 9.32. The van der Waals surface area contributed by atoms with E-state index in [-0.39, 0.29) is 6.04 Å². The largest absolute Gasteiger partial charge is 0.453 e. The van der Waals surface area contributed by atoms with Gasteiger partial charge in [-0.2, -0.15) is 0 Å². The van der Waals surface area contributed by atoms with Gasteiger partial charge in [-0.25, -0.2) is 4.79 Å². The van der Waals surface area contributed by atoms with Crippen LogP contribution in [0.3, 0.4) is 0 Å². The summed E-state index contributed by atoms with van der Waals surface area (Å²) in [5, 5.41) is 12.1. The molecule has 0 spiro atoms. The fourth-order valence-electron chi connectivity index (χ4n) is 1.49. The molecule has 1 fully saturated rings. The third kappa shape index (κ3) is 2.37. The average Bonchev–Trinajstić information content (AvgIpc) is 2.09. The van der Waals surface area contributed by atoms with Crippen molar-refractivity contribution in [2.45, 2.75) is 37.8 Å². The first-order valence-electron chi connectivity index (χ1n) is 4.26. The van der Waals surface area contributed by atoms with Gasteiger partial charge < -0.3 is 15.2 Å². The maximum absolute atomic E-state index is 10.8. The normalized spacial score (nSPS) is 29.5. The molecule has 4 heteroatoms. The number of carbonyl (C=O) groups excluding carboxylic acids is 1. The molecule has 0 aliphatic heterocycles. The summed E-state index contributed by atoms with van der Waals surface area (Å²) in [6.07, 6.45) is 2.86. The number of methoxy groups -OCH3 is 1. The van der Waals surface area contributed by atoms with E-state index in [9.17, 15) is 9.90 Å². The number of ether oxygens (including phenoxy) is 1. The zero-order chi connectivity index (χ0) is 8.97. The summed E-state index contributed by atoms with van der Waals surface area (Å²) in [4.78, 5) is 10.8. The quantitative estimate of drug-likeness (QED) is 0.612. The Morgan fingerprint density at radius 3 is 2.75 bits per heavy atom. The third-order valence-corrected chi connectivity index (χ3v) is 2.22. The number of nitrogens with one attached hydrogen (secondary N) is 1. The molecule has 2 atom stereocenters. The van der Waals surface area contributed by atoms with Crippen LogP contribution in [0.1, 0.15) is 25.7 Å². The number of amides is 1. The van der Waals surface area contributed by atoms with E-state index in [0.29, 0.717) is 0 Å². The lowest BCUT2D eigenvalue weighted by Gasteiger charge is -2.27. The fraction of sp³-hybridized carbons (Fsp3) is 0.875. The second-order valence-corrected chi connectivity index (χ2v) is 3.09. The van der Waals surface area contributed by atoms with Crippen molar-refractivity contribution in [3.63, 3.8) is 0 Å². The van der Waals surface area contributed by atoms with Crippen molar-refractivity contribution in [3.05, 3.63) is 0 Å². The Morgan fingerprint density at radius 1 is 1.50 bits per heavy atom. The molecule has 0 aromatic heterocycles. The van der Waals surface area contributed by atoms with Crippen LogP contribution in [-0.2, 0) is 4.74 Å². The van der Waals surface area contributed by atoms with Crippen LogP contribution in [0.2, 0.25) is 0 Å². The van der Waals surface area contributed by atoms with Crippen molar-refractivity contribution in [2.75, 3.05) is 7.11 Å². The van der Waals surface area contributed by atoms with Gasteiger partial charge in [0, 0.05) is 0 Å². The summed E-state index contributed by atoms with van der Waals surface area (Å²) in [5.74, 6) is 0. The Kier molecular flexibility index (Phi) is 3.34. The highest BCUT2D eigenvalue weighted by molar-refractivity contribution is 5.67. The smallest absolute Gasteiger partial charge is 0.407 e. The number of aliphatic hydroxyl groups excluding tert-OH is 1. The van der Waals surface area contributed by atoms with Gasteiger partial charge >= 0.3 is 6.09 Å². The van der Waals surface area contributed by atoms with Crippen LogP contribution in [0, 0.1) is 0 Å². The molecule has 0 aromatic carbocycles. The van der Waals surface area contributed by atoms with E-state index >= 15 is 0 Å². The van der Waals surface area contributed by atoms with Crippen LogP contribution >= 0.6 is 0 Å². The predicted molar refractivity (Wildman–Crippen MR) is 43.8 cm³/mol. The van der Waals surface area contributed by atoms with Crippen LogP contribution in [0.25, 0.3) is 0 Å². The molecule has 70 valence electrons. The molecule has 1 amide bonds. The first-order valence-corrected chi connectivity index (χ1v) is 4.26. The Hall–Kier alpha value is -0.770. The summed E-state index contributed by atoms with van der Waals surface area (Å²) in [5.41, 5.74) is 0. The average molecular weight is 173 g/mol. The van der Waals surface area contributed by atoms with Crippen molar-refractivity contribution in [1.82, 2.24) is 5.32 Å². The minimum absolute atomic E-state index is 0.119. The van der Waals surface area contributed by atoms with Gasteiger partial charge in [0.1, 0.15) is 0 Å². The van der Waals surface area contributed by atoms with Crippen LogP contribution in [-0.4, -0.2) is 30.5 Å². The van der Waals surface area contributed by atoms with Gasteiger partial charge in [-0.1, -0.05) is 12.8 Å². The minimum Gasteiger partial charge on any atom is -0.453 e. The number of aliphatic hydroxyl groups is 1. The Morgan fingerprint density at radius 2 is 2.17 bits per heavy atom. The van der Waals surface area contributed by atoms with Crippen molar-refractivity contribution in [3.8, 4) is 0 Å². The van der Waals surface area contributed by atoms with E-state index in [1.807, 2.05) is 0 Å². The summed E-state index contributed by atoms with van der Waals surface area (Å²) >= 11 is 0. The molecule has 0 heterocycles. The van der Waals surface area contributed by atoms with Crippen molar-refractivity contribution in [2.24, 2.45) is 0 Å². The van der Waals surface area contributed by atoms with Gasteiger partial charge in [0.15, 0.2) is 0 Å². The molecule has 1 aliphatic carbocycles. The van der Waals surface area contributed by atoms with E-state index in [1.54, 1.807) is 0 Å². The van der Waals surface area contributed by atoms with Gasteiger partial charge in [-0.15, -0.1) is 0 Å². The van der Waals surface area contributed by atoms with E-state index in [4.69, 9.17) is 0 Å². The predicted octanol–water partition coefficient (Wildman–Crippen LogP) is 0.646. The molecular weight excluding hydrogens is 158 g/mol. The SMILES string of the molecule is COC(=O)N[C@H]1CCCC[C@H]1O. The summed E-state index contributed by atoms with van der Waals surface area (Å²) in [6.45, 7) is 0. The van der Waals surface area contributed by atoms with Gasteiger partial charge in [0.2, 0.25) is 0 Å². The molecule has 1 rings (SSSR count). The molecule has 0 aromatic rings. The van der Waals surface area contributed by atoms with Crippen LogP contribution in [0.4, 0.5) is 4.79 Å². The van der Waals surface area contributed by atoms with Crippen LogP contribution in [0.5, 0.6) is 0 Å². The summed E-state index contributed by atoms with van der Waals surface area (Å²) in [6, 6.07) is -0.119. The second kappa shape index (κ2) is 4.30. The number of hydrogen-bond acceptors (Lipinski definition) is 3. The third-order valence-electron chi connectivity index (χ3n) is 2.22. The number of carbonyl (C=O) groups is 1. The van der Waals surface area contributed by atoms with Crippen LogP contribution < -0.4 is 5.32 Å². The maximum atomic E-state index is 10.8. The van der Waals surface area contributed by atoms with Crippen LogP contribution in [0.15, 0.2) is 0 Å². The van der Waals surface area contributed by atoms with Crippen molar-refractivity contribution in [1.29, 1.82) is 0 Å². The number of hydrogen-bond donors (Lipinski definition) is 2. The highest BCUT2D eigenvalue weighted by Crippen LogP contribution is 2.18. The Labute approximate surface area is 71.9 Å². The molecule has 1 aliphatic rings. The monoisotopic (exact) mass is 173 g/mol. The first-order chi connectivity index (χ1) is 5.74.